The van der Waals surface area contributed by atoms with E-state index in [9.17, 15) is 9.18 Å². The van der Waals surface area contributed by atoms with Crippen molar-refractivity contribution in [2.75, 3.05) is 7.11 Å². The van der Waals surface area contributed by atoms with Gasteiger partial charge in [0.15, 0.2) is 0 Å². The number of pyridine rings is 1. The third-order valence-corrected chi connectivity index (χ3v) is 3.28. The van der Waals surface area contributed by atoms with Gasteiger partial charge in [-0.1, -0.05) is 11.8 Å². The van der Waals surface area contributed by atoms with Crippen LogP contribution in [0.5, 0.6) is 5.75 Å². The monoisotopic (exact) mass is 279 g/mol. The van der Waals surface area contributed by atoms with Crippen LogP contribution in [0.3, 0.4) is 0 Å². The largest absolute Gasteiger partial charge is 0.495 e. The summed E-state index contributed by atoms with van der Waals surface area (Å²) in [5, 5.41) is 9.51. The Morgan fingerprint density at radius 3 is 2.74 bits per heavy atom. The van der Waals surface area contributed by atoms with Gasteiger partial charge >= 0.3 is 5.97 Å². The van der Waals surface area contributed by atoms with Crippen molar-refractivity contribution in [1.82, 2.24) is 4.98 Å². The number of hydrogen-bond acceptors (Lipinski definition) is 4. The van der Waals surface area contributed by atoms with Gasteiger partial charge in [-0.05, 0) is 30.3 Å². The van der Waals surface area contributed by atoms with Crippen molar-refractivity contribution in [3.05, 3.63) is 47.9 Å². The first kappa shape index (κ1) is 13.4. The summed E-state index contributed by atoms with van der Waals surface area (Å²) in [6.07, 6.45) is 1.56. The van der Waals surface area contributed by atoms with Crippen molar-refractivity contribution >= 4 is 17.7 Å². The van der Waals surface area contributed by atoms with Gasteiger partial charge in [-0.2, -0.15) is 0 Å². The molecule has 0 spiro atoms. The number of benzene rings is 1. The second-order valence-electron chi connectivity index (χ2n) is 3.59. The fraction of sp³-hybridized carbons (Fsp3) is 0.0769. The third kappa shape index (κ3) is 3.23. The maximum absolute atomic E-state index is 13.2. The number of methoxy groups -OCH3 is 1. The second-order valence-corrected chi connectivity index (χ2v) is 4.68. The smallest absolute Gasteiger partial charge is 0.338 e. The van der Waals surface area contributed by atoms with Crippen LogP contribution >= 0.6 is 11.8 Å². The normalized spacial score (nSPS) is 10.2. The molecule has 2 rings (SSSR count). The lowest BCUT2D eigenvalue weighted by molar-refractivity contribution is 0.0691. The standard InChI is InChI=1S/C13H10FNO3S/c1-18-8-2-5-12(15-7-8)19-9-3-4-11(14)10(6-9)13(16)17/h2-7H,1H3,(H,16,17). The van der Waals surface area contributed by atoms with E-state index >= 15 is 0 Å². The molecule has 0 aliphatic heterocycles. The van der Waals surface area contributed by atoms with E-state index in [1.54, 1.807) is 25.4 Å². The molecule has 0 unspecified atom stereocenters. The Labute approximate surface area is 113 Å². The molecule has 4 nitrogen and oxygen atoms in total. The Kier molecular flexibility index (Phi) is 4.01. The van der Waals surface area contributed by atoms with Gasteiger partial charge in [-0.3, -0.25) is 0 Å². The number of carboxylic acid groups (broad SMARTS) is 1. The first-order valence-electron chi connectivity index (χ1n) is 5.31. The van der Waals surface area contributed by atoms with Gasteiger partial charge in [-0.15, -0.1) is 0 Å². The van der Waals surface area contributed by atoms with Crippen LogP contribution in [0.15, 0.2) is 46.5 Å². The lowest BCUT2D eigenvalue weighted by atomic mass is 10.2. The number of ether oxygens (including phenoxy) is 1. The number of rotatable bonds is 4. The van der Waals surface area contributed by atoms with Crippen LogP contribution in [0.4, 0.5) is 4.39 Å². The van der Waals surface area contributed by atoms with E-state index in [1.807, 2.05) is 0 Å². The highest BCUT2D eigenvalue weighted by Gasteiger charge is 2.11. The minimum Gasteiger partial charge on any atom is -0.495 e. The Hall–Kier alpha value is -2.08. The van der Waals surface area contributed by atoms with E-state index in [4.69, 9.17) is 9.84 Å². The zero-order chi connectivity index (χ0) is 13.8. The van der Waals surface area contributed by atoms with Crippen molar-refractivity contribution < 1.29 is 19.0 Å². The summed E-state index contributed by atoms with van der Waals surface area (Å²) in [6.45, 7) is 0. The van der Waals surface area contributed by atoms with E-state index in [0.717, 1.165) is 6.07 Å². The van der Waals surface area contributed by atoms with Gasteiger partial charge in [-0.25, -0.2) is 14.2 Å². The molecule has 6 heteroatoms. The van der Waals surface area contributed by atoms with Crippen molar-refractivity contribution in [2.24, 2.45) is 0 Å². The maximum Gasteiger partial charge on any atom is 0.338 e. The Morgan fingerprint density at radius 2 is 2.16 bits per heavy atom. The van der Waals surface area contributed by atoms with Crippen LogP contribution < -0.4 is 4.74 Å². The number of halogens is 1. The molecule has 19 heavy (non-hydrogen) atoms. The highest BCUT2D eigenvalue weighted by atomic mass is 32.2. The zero-order valence-electron chi connectivity index (χ0n) is 9.96. The summed E-state index contributed by atoms with van der Waals surface area (Å²) in [6, 6.07) is 7.42. The van der Waals surface area contributed by atoms with Crippen LogP contribution in [0.25, 0.3) is 0 Å². The lowest BCUT2D eigenvalue weighted by Crippen LogP contribution is -2.00. The number of carbonyl (C=O) groups is 1. The molecule has 0 fully saturated rings. The van der Waals surface area contributed by atoms with Gasteiger partial charge in [0.25, 0.3) is 0 Å². The number of aromatic carboxylic acids is 1. The molecular formula is C13H10FNO3S. The predicted octanol–water partition coefficient (Wildman–Crippen LogP) is 3.08. The second kappa shape index (κ2) is 5.71. The Bertz CT molecular complexity index is 601. The van der Waals surface area contributed by atoms with Crippen LogP contribution in [-0.2, 0) is 0 Å². The van der Waals surface area contributed by atoms with Crippen molar-refractivity contribution in [2.45, 2.75) is 9.92 Å². The number of hydrogen-bond donors (Lipinski definition) is 1. The Morgan fingerprint density at radius 1 is 1.37 bits per heavy atom. The first-order valence-corrected chi connectivity index (χ1v) is 6.12. The third-order valence-electron chi connectivity index (χ3n) is 2.34. The summed E-state index contributed by atoms with van der Waals surface area (Å²) in [7, 11) is 1.54. The molecule has 1 heterocycles. The molecule has 1 aromatic carbocycles. The summed E-state index contributed by atoms with van der Waals surface area (Å²) in [5.41, 5.74) is -0.349. The highest BCUT2D eigenvalue weighted by Crippen LogP contribution is 2.28. The van der Waals surface area contributed by atoms with Gasteiger partial charge < -0.3 is 9.84 Å². The van der Waals surface area contributed by atoms with Crippen LogP contribution in [0.1, 0.15) is 10.4 Å². The highest BCUT2D eigenvalue weighted by molar-refractivity contribution is 7.99. The molecule has 2 aromatic rings. The zero-order valence-corrected chi connectivity index (χ0v) is 10.8. The minimum atomic E-state index is -1.29. The predicted molar refractivity (Wildman–Crippen MR) is 68.3 cm³/mol. The molecule has 0 radical (unpaired) electrons. The molecule has 0 amide bonds. The summed E-state index contributed by atoms with van der Waals surface area (Å²) in [4.78, 5) is 15.6. The lowest BCUT2D eigenvalue weighted by Gasteiger charge is -2.04. The molecule has 98 valence electrons. The molecular weight excluding hydrogens is 269 g/mol. The average Bonchev–Trinajstić information content (AvgIpc) is 2.41. The fourth-order valence-corrected chi connectivity index (χ4v) is 2.20. The summed E-state index contributed by atoms with van der Waals surface area (Å²) in [5.74, 6) is -1.41. The van der Waals surface area contributed by atoms with Gasteiger partial charge in [0.05, 0.1) is 18.9 Å². The van der Waals surface area contributed by atoms with E-state index < -0.39 is 11.8 Å². The van der Waals surface area contributed by atoms with Crippen LogP contribution in [-0.4, -0.2) is 23.2 Å². The minimum absolute atomic E-state index is 0.349. The molecule has 0 saturated heterocycles. The van der Waals surface area contributed by atoms with E-state index in [1.165, 1.54) is 23.9 Å². The van der Waals surface area contributed by atoms with Crippen molar-refractivity contribution in [1.29, 1.82) is 0 Å². The number of aromatic nitrogens is 1. The average molecular weight is 279 g/mol. The molecule has 0 atom stereocenters. The quantitative estimate of drug-likeness (QED) is 0.932. The molecule has 1 aromatic heterocycles. The molecule has 1 N–H and O–H groups in total. The van der Waals surface area contributed by atoms with E-state index in [2.05, 4.69) is 4.98 Å². The van der Waals surface area contributed by atoms with Crippen LogP contribution in [0, 0.1) is 5.82 Å². The SMILES string of the molecule is COc1ccc(Sc2ccc(F)c(C(=O)O)c2)nc1. The summed E-state index contributed by atoms with van der Waals surface area (Å²) < 4.78 is 18.2. The van der Waals surface area contributed by atoms with Crippen LogP contribution in [0.2, 0.25) is 0 Å². The number of carboxylic acids is 1. The van der Waals surface area contributed by atoms with E-state index in [0.29, 0.717) is 15.7 Å². The van der Waals surface area contributed by atoms with Crippen molar-refractivity contribution in [3.8, 4) is 5.75 Å². The Balaban J connectivity index is 2.22. The summed E-state index contributed by atoms with van der Waals surface area (Å²) >= 11 is 1.25. The van der Waals surface area contributed by atoms with Gasteiger partial charge in [0.2, 0.25) is 0 Å². The van der Waals surface area contributed by atoms with Gasteiger partial charge in [0.1, 0.15) is 16.6 Å². The maximum atomic E-state index is 13.2. The first-order chi connectivity index (χ1) is 9.10. The molecule has 0 saturated carbocycles. The molecule has 0 bridgehead atoms. The van der Waals surface area contributed by atoms with E-state index in [-0.39, 0.29) is 5.56 Å². The van der Waals surface area contributed by atoms with Gasteiger partial charge in [0, 0.05) is 4.90 Å². The fourth-order valence-electron chi connectivity index (χ4n) is 1.40. The topological polar surface area (TPSA) is 59.4 Å². The molecule has 0 aliphatic rings. The van der Waals surface area contributed by atoms with Crippen molar-refractivity contribution in [3.63, 3.8) is 0 Å². The number of nitrogens with zero attached hydrogens (tertiary/aromatic N) is 1. The molecule has 0 aliphatic carbocycles.